The fourth-order valence-electron chi connectivity index (χ4n) is 2.25. The number of hydrogen-bond donors (Lipinski definition) is 0. The first-order chi connectivity index (χ1) is 11.2. The van der Waals surface area contributed by atoms with E-state index >= 15 is 0 Å². The van der Waals surface area contributed by atoms with Gasteiger partial charge in [-0.2, -0.15) is 0 Å². The molecule has 1 amide bonds. The second-order valence-electron chi connectivity index (χ2n) is 5.41. The van der Waals surface area contributed by atoms with E-state index in [2.05, 4.69) is 6.58 Å². The van der Waals surface area contributed by atoms with Gasteiger partial charge in [0.25, 0.3) is 0 Å². The van der Waals surface area contributed by atoms with E-state index in [0.717, 1.165) is 11.1 Å². The van der Waals surface area contributed by atoms with Gasteiger partial charge in [0.15, 0.2) is 6.10 Å². The predicted octanol–water partition coefficient (Wildman–Crippen LogP) is 2.49. The maximum absolute atomic E-state index is 12.0. The summed E-state index contributed by atoms with van der Waals surface area (Å²) in [6, 6.07) is 5.51. The summed E-state index contributed by atoms with van der Waals surface area (Å²) in [4.78, 5) is 35.7. The van der Waals surface area contributed by atoms with E-state index in [9.17, 15) is 14.4 Å². The number of carbonyl (C=O) groups is 3. The quantitative estimate of drug-likeness (QED) is 0.717. The maximum atomic E-state index is 12.0. The van der Waals surface area contributed by atoms with Gasteiger partial charge >= 0.3 is 11.9 Å². The second kappa shape index (κ2) is 8.86. The standard InChI is InChI=1S/C18H23NO5/c1-6-16-7-8-17(9-12(16)2)19(13(3)20)10-18(24-15(5)22)11-23-14(4)21/h6-9,18H,1,10-11H2,2-5H3/t18-/m1/s1. The van der Waals surface area contributed by atoms with Gasteiger partial charge in [-0.25, -0.2) is 0 Å². The van der Waals surface area contributed by atoms with Crippen molar-refractivity contribution in [1.29, 1.82) is 0 Å². The zero-order valence-electron chi connectivity index (χ0n) is 14.5. The topological polar surface area (TPSA) is 72.9 Å². The molecule has 6 nitrogen and oxygen atoms in total. The number of hydrogen-bond acceptors (Lipinski definition) is 5. The van der Waals surface area contributed by atoms with Crippen LogP contribution in [0.4, 0.5) is 5.69 Å². The van der Waals surface area contributed by atoms with E-state index in [0.29, 0.717) is 5.69 Å². The Morgan fingerprint density at radius 3 is 2.33 bits per heavy atom. The third-order valence-electron chi connectivity index (χ3n) is 3.36. The Hall–Kier alpha value is -2.63. The lowest BCUT2D eigenvalue weighted by molar-refractivity contribution is -0.155. The summed E-state index contributed by atoms with van der Waals surface area (Å²) in [6.07, 6.45) is 0.995. The minimum Gasteiger partial charge on any atom is -0.462 e. The minimum atomic E-state index is -0.741. The van der Waals surface area contributed by atoms with Gasteiger partial charge in [0.2, 0.25) is 5.91 Å². The van der Waals surface area contributed by atoms with Gasteiger partial charge in [-0.3, -0.25) is 14.4 Å². The Morgan fingerprint density at radius 2 is 1.88 bits per heavy atom. The highest BCUT2D eigenvalue weighted by Gasteiger charge is 2.22. The lowest BCUT2D eigenvalue weighted by atomic mass is 10.1. The van der Waals surface area contributed by atoms with Crippen LogP contribution in [-0.4, -0.2) is 37.1 Å². The van der Waals surface area contributed by atoms with E-state index in [4.69, 9.17) is 9.47 Å². The first-order valence-electron chi connectivity index (χ1n) is 7.56. The first kappa shape index (κ1) is 19.4. The molecule has 1 aromatic carbocycles. The van der Waals surface area contributed by atoms with E-state index in [1.165, 1.54) is 25.7 Å². The lowest BCUT2D eigenvalue weighted by Gasteiger charge is -2.26. The Kier molecular flexibility index (Phi) is 7.17. The first-order valence-corrected chi connectivity index (χ1v) is 7.56. The third-order valence-corrected chi connectivity index (χ3v) is 3.36. The average molecular weight is 333 g/mol. The molecule has 1 aromatic rings. The lowest BCUT2D eigenvalue weighted by Crippen LogP contribution is -2.40. The zero-order chi connectivity index (χ0) is 18.3. The fourth-order valence-corrected chi connectivity index (χ4v) is 2.25. The monoisotopic (exact) mass is 333 g/mol. The molecule has 0 unspecified atom stereocenters. The van der Waals surface area contributed by atoms with Gasteiger partial charge in [0.05, 0.1) is 6.54 Å². The molecular formula is C18H23NO5. The van der Waals surface area contributed by atoms with E-state index < -0.39 is 18.0 Å². The number of benzene rings is 1. The number of amides is 1. The van der Waals surface area contributed by atoms with Gasteiger partial charge in [0.1, 0.15) is 6.61 Å². The second-order valence-corrected chi connectivity index (χ2v) is 5.41. The number of aryl methyl sites for hydroxylation is 1. The molecule has 0 aliphatic carbocycles. The number of ether oxygens (including phenoxy) is 2. The molecule has 0 bridgehead atoms. The maximum Gasteiger partial charge on any atom is 0.303 e. The van der Waals surface area contributed by atoms with Gasteiger partial charge in [-0.15, -0.1) is 0 Å². The molecule has 0 saturated carbocycles. The Balaban J connectivity index is 3.01. The highest BCUT2D eigenvalue weighted by atomic mass is 16.6. The summed E-state index contributed by atoms with van der Waals surface area (Å²) in [7, 11) is 0. The van der Waals surface area contributed by atoms with Gasteiger partial charge in [-0.05, 0) is 30.2 Å². The van der Waals surface area contributed by atoms with Crippen LogP contribution in [0.25, 0.3) is 6.08 Å². The van der Waals surface area contributed by atoms with Crippen molar-refractivity contribution in [2.24, 2.45) is 0 Å². The van der Waals surface area contributed by atoms with Gasteiger partial charge < -0.3 is 14.4 Å². The highest BCUT2D eigenvalue weighted by molar-refractivity contribution is 5.91. The van der Waals surface area contributed by atoms with Crippen molar-refractivity contribution in [2.45, 2.75) is 33.8 Å². The van der Waals surface area contributed by atoms with Crippen molar-refractivity contribution in [1.82, 2.24) is 0 Å². The van der Waals surface area contributed by atoms with E-state index in [-0.39, 0.29) is 19.1 Å². The molecular weight excluding hydrogens is 310 g/mol. The number of anilines is 1. The van der Waals surface area contributed by atoms with Crippen molar-refractivity contribution in [2.75, 3.05) is 18.1 Å². The molecule has 0 aliphatic rings. The van der Waals surface area contributed by atoms with E-state index in [1.54, 1.807) is 12.1 Å². The summed E-state index contributed by atoms with van der Waals surface area (Å²) in [5, 5.41) is 0. The summed E-state index contributed by atoms with van der Waals surface area (Å²) in [6.45, 7) is 9.60. The number of nitrogens with zero attached hydrogens (tertiary/aromatic N) is 1. The molecule has 1 atom stereocenters. The number of esters is 2. The Bertz CT molecular complexity index is 638. The molecule has 0 fully saturated rings. The molecule has 0 N–H and O–H groups in total. The predicted molar refractivity (Wildman–Crippen MR) is 91.5 cm³/mol. The molecule has 0 heterocycles. The van der Waals surface area contributed by atoms with Crippen LogP contribution in [0.1, 0.15) is 31.9 Å². The molecule has 0 aliphatic heterocycles. The molecule has 130 valence electrons. The van der Waals surface area contributed by atoms with E-state index in [1.807, 2.05) is 19.1 Å². The average Bonchev–Trinajstić information content (AvgIpc) is 2.48. The van der Waals surface area contributed by atoms with Crippen LogP contribution in [0.3, 0.4) is 0 Å². The van der Waals surface area contributed by atoms with Crippen LogP contribution >= 0.6 is 0 Å². The molecule has 0 spiro atoms. The summed E-state index contributed by atoms with van der Waals surface area (Å²) in [5.41, 5.74) is 2.61. The minimum absolute atomic E-state index is 0.0923. The summed E-state index contributed by atoms with van der Waals surface area (Å²) < 4.78 is 10.1. The third kappa shape index (κ3) is 5.87. The number of rotatable bonds is 7. The Labute approximate surface area is 142 Å². The SMILES string of the molecule is C=Cc1ccc(N(C[C@H](COC(C)=O)OC(C)=O)C(C)=O)cc1C. The van der Waals surface area contributed by atoms with Crippen LogP contribution in [0.2, 0.25) is 0 Å². The highest BCUT2D eigenvalue weighted by Crippen LogP contribution is 2.21. The van der Waals surface area contributed by atoms with Gasteiger partial charge in [-0.1, -0.05) is 18.7 Å². The fraction of sp³-hybridized carbons (Fsp3) is 0.389. The van der Waals surface area contributed by atoms with Crippen LogP contribution in [0.5, 0.6) is 0 Å². The van der Waals surface area contributed by atoms with Gasteiger partial charge in [0, 0.05) is 26.5 Å². The molecule has 6 heteroatoms. The van der Waals surface area contributed by atoms with Crippen LogP contribution in [0, 0.1) is 6.92 Å². The van der Waals surface area contributed by atoms with Crippen molar-refractivity contribution in [3.05, 3.63) is 35.9 Å². The van der Waals surface area contributed by atoms with Crippen molar-refractivity contribution in [3.63, 3.8) is 0 Å². The van der Waals surface area contributed by atoms with Crippen molar-refractivity contribution in [3.8, 4) is 0 Å². The van der Waals surface area contributed by atoms with Crippen LogP contribution < -0.4 is 4.90 Å². The molecule has 0 aromatic heterocycles. The number of carbonyl (C=O) groups excluding carboxylic acids is 3. The largest absolute Gasteiger partial charge is 0.462 e. The summed E-state index contributed by atoms with van der Waals surface area (Å²) in [5.74, 6) is -1.19. The molecule has 24 heavy (non-hydrogen) atoms. The molecule has 0 saturated heterocycles. The summed E-state index contributed by atoms with van der Waals surface area (Å²) >= 11 is 0. The van der Waals surface area contributed by atoms with Crippen LogP contribution in [0.15, 0.2) is 24.8 Å². The molecule has 1 rings (SSSR count). The Morgan fingerprint density at radius 1 is 1.21 bits per heavy atom. The van der Waals surface area contributed by atoms with Crippen LogP contribution in [-0.2, 0) is 23.9 Å². The zero-order valence-corrected chi connectivity index (χ0v) is 14.5. The smallest absolute Gasteiger partial charge is 0.303 e. The molecule has 0 radical (unpaired) electrons. The normalized spacial score (nSPS) is 11.3. The van der Waals surface area contributed by atoms with Crippen molar-refractivity contribution < 1.29 is 23.9 Å². The van der Waals surface area contributed by atoms with Crippen molar-refractivity contribution >= 4 is 29.6 Å².